The van der Waals surface area contributed by atoms with E-state index in [-0.39, 0.29) is 12.2 Å². The summed E-state index contributed by atoms with van der Waals surface area (Å²) in [7, 11) is 0. The molecule has 0 aliphatic carbocycles. The average Bonchev–Trinajstić information content (AvgIpc) is 3.48. The van der Waals surface area contributed by atoms with Crippen LogP contribution in [0.25, 0.3) is 0 Å². The molecule has 0 radical (unpaired) electrons. The van der Waals surface area contributed by atoms with Crippen molar-refractivity contribution < 1.29 is 27.9 Å². The van der Waals surface area contributed by atoms with E-state index >= 15 is 0 Å². The Balaban J connectivity index is 1.21. The number of alkyl halides is 3. The maximum absolute atomic E-state index is 13.1. The zero-order valence-electron chi connectivity index (χ0n) is 23.7. The number of piperazine rings is 1. The zero-order chi connectivity index (χ0) is 31.3. The number of hydrogen-bond donors (Lipinski definition) is 4. The third kappa shape index (κ3) is 7.70. The first kappa shape index (κ1) is 30.9. The van der Waals surface area contributed by atoms with E-state index in [1.54, 1.807) is 25.3 Å². The predicted octanol–water partition coefficient (Wildman–Crippen LogP) is 5.23. The van der Waals surface area contributed by atoms with Gasteiger partial charge in [-0.25, -0.2) is 9.97 Å². The van der Waals surface area contributed by atoms with Gasteiger partial charge in [0.25, 0.3) is 11.8 Å². The largest absolute Gasteiger partial charge is 0.416 e. The van der Waals surface area contributed by atoms with E-state index < -0.39 is 23.6 Å². The van der Waals surface area contributed by atoms with Gasteiger partial charge in [0.2, 0.25) is 0 Å². The number of amides is 2. The van der Waals surface area contributed by atoms with Crippen molar-refractivity contribution in [3.05, 3.63) is 88.6 Å². The molecule has 4 aromatic rings. The molecule has 0 unspecified atom stereocenters. The van der Waals surface area contributed by atoms with Crippen LogP contribution in [-0.2, 0) is 6.18 Å². The molecule has 5 rings (SSSR count). The van der Waals surface area contributed by atoms with Gasteiger partial charge in [0.05, 0.1) is 18.4 Å². The van der Waals surface area contributed by atoms with E-state index in [2.05, 4.69) is 35.7 Å². The molecule has 2 aromatic heterocycles. The van der Waals surface area contributed by atoms with E-state index in [0.717, 1.165) is 60.9 Å². The molecule has 0 saturated carbocycles. The number of pyridine rings is 1. The Morgan fingerprint density at radius 1 is 0.977 bits per heavy atom. The number of carbonyl (C=O) groups is 2. The van der Waals surface area contributed by atoms with Crippen molar-refractivity contribution in [1.29, 1.82) is 0 Å². The second kappa shape index (κ2) is 13.4. The van der Waals surface area contributed by atoms with Gasteiger partial charge < -0.3 is 26.0 Å². The summed E-state index contributed by atoms with van der Waals surface area (Å²) in [5, 5.41) is 18.2. The maximum atomic E-state index is 13.1. The van der Waals surface area contributed by atoms with Gasteiger partial charge in [-0.1, -0.05) is 23.5 Å². The zero-order valence-corrected chi connectivity index (χ0v) is 24.5. The van der Waals surface area contributed by atoms with Crippen LogP contribution in [0.4, 0.5) is 41.2 Å². The van der Waals surface area contributed by atoms with Gasteiger partial charge in [-0.05, 0) is 48.9 Å². The average molecular weight is 626 g/mol. The normalized spacial score (nSPS) is 13.9. The molecule has 2 aromatic carbocycles. The number of β-amino-alcohol motifs (C(OH)–C–C–N with tert-alkyl or cyclic N) is 1. The van der Waals surface area contributed by atoms with Crippen molar-refractivity contribution in [1.82, 2.24) is 14.9 Å². The molecule has 44 heavy (non-hydrogen) atoms. The van der Waals surface area contributed by atoms with Crippen molar-refractivity contribution >= 4 is 51.2 Å². The van der Waals surface area contributed by atoms with Crippen LogP contribution in [0.2, 0.25) is 0 Å². The lowest BCUT2D eigenvalue weighted by molar-refractivity contribution is -0.137. The van der Waals surface area contributed by atoms with Crippen LogP contribution >= 0.6 is 11.3 Å². The number of aryl methyl sites for hydroxylation is 1. The van der Waals surface area contributed by atoms with Crippen LogP contribution in [0.3, 0.4) is 0 Å². The highest BCUT2D eigenvalue weighted by Gasteiger charge is 2.31. The summed E-state index contributed by atoms with van der Waals surface area (Å²) in [6.45, 7) is 5.98. The van der Waals surface area contributed by atoms with Gasteiger partial charge in [0.15, 0.2) is 5.13 Å². The molecule has 2 amide bonds. The summed E-state index contributed by atoms with van der Waals surface area (Å²) < 4.78 is 39.2. The molecule has 3 heterocycles. The molecule has 0 atom stereocenters. The molecule has 0 bridgehead atoms. The smallest absolute Gasteiger partial charge is 0.395 e. The molecular formula is C30H30F3N7O3S. The minimum absolute atomic E-state index is 0.142. The number of aliphatic hydroxyl groups is 1. The summed E-state index contributed by atoms with van der Waals surface area (Å²) in [5.74, 6) is -0.541. The van der Waals surface area contributed by atoms with Crippen molar-refractivity contribution in [2.75, 3.05) is 60.2 Å². The quantitative estimate of drug-likeness (QED) is 0.200. The summed E-state index contributed by atoms with van der Waals surface area (Å²) in [6.07, 6.45) is -1.41. The molecule has 1 aliphatic heterocycles. The van der Waals surface area contributed by atoms with Crippen molar-refractivity contribution in [2.24, 2.45) is 0 Å². The molecule has 230 valence electrons. The lowest BCUT2D eigenvalue weighted by Crippen LogP contribution is -2.47. The summed E-state index contributed by atoms with van der Waals surface area (Å²) >= 11 is 1.14. The molecule has 1 aliphatic rings. The number of thiazole rings is 1. The van der Waals surface area contributed by atoms with Crippen molar-refractivity contribution in [3.63, 3.8) is 0 Å². The van der Waals surface area contributed by atoms with Gasteiger partial charge in [-0.15, -0.1) is 0 Å². The Hall–Kier alpha value is -4.53. The first-order valence-electron chi connectivity index (χ1n) is 13.8. The van der Waals surface area contributed by atoms with Gasteiger partial charge >= 0.3 is 6.18 Å². The van der Waals surface area contributed by atoms with E-state index in [0.29, 0.717) is 33.7 Å². The number of hydrogen-bond acceptors (Lipinski definition) is 9. The van der Waals surface area contributed by atoms with Crippen LogP contribution in [0, 0.1) is 6.92 Å². The van der Waals surface area contributed by atoms with Crippen LogP contribution in [-0.4, -0.2) is 71.1 Å². The van der Waals surface area contributed by atoms with Crippen LogP contribution in [0.5, 0.6) is 0 Å². The number of anilines is 5. The van der Waals surface area contributed by atoms with Crippen LogP contribution in [0.1, 0.15) is 31.2 Å². The van der Waals surface area contributed by atoms with E-state index in [9.17, 15) is 22.8 Å². The SMILES string of the molecule is Cc1ccc(NC(=O)c2cccc(C(F)(F)F)c2)cc1NC(=O)c1cnc(Nc2cc(N3CCN(CCO)CC3)ccn2)s1. The van der Waals surface area contributed by atoms with Crippen LogP contribution < -0.4 is 20.9 Å². The fourth-order valence-electron chi connectivity index (χ4n) is 4.66. The Kier molecular flexibility index (Phi) is 9.42. The minimum atomic E-state index is -4.57. The highest BCUT2D eigenvalue weighted by atomic mass is 32.1. The molecule has 1 fully saturated rings. The van der Waals surface area contributed by atoms with Gasteiger partial charge in [-0.2, -0.15) is 13.2 Å². The van der Waals surface area contributed by atoms with E-state index in [1.165, 1.54) is 24.4 Å². The molecule has 4 N–H and O–H groups in total. The van der Waals surface area contributed by atoms with Crippen molar-refractivity contribution in [2.45, 2.75) is 13.1 Å². The standard InChI is InChI=1S/C30H30F3N7O3S/c1-19-5-6-22(36-27(42)20-3-2-4-21(15-20)30(31,32)33)16-24(19)37-28(43)25-18-35-29(44-25)38-26-17-23(7-8-34-26)40-11-9-39(10-12-40)13-14-41/h2-8,15-18,41H,9-14H2,1H3,(H,36,42)(H,37,43)(H,34,35,38). The van der Waals surface area contributed by atoms with Gasteiger partial charge in [0, 0.05) is 67.6 Å². The topological polar surface area (TPSA) is 123 Å². The number of aliphatic hydroxyl groups excluding tert-OH is 1. The molecule has 0 spiro atoms. The fourth-order valence-corrected chi connectivity index (χ4v) is 5.38. The van der Waals surface area contributed by atoms with Gasteiger partial charge in [0.1, 0.15) is 10.7 Å². The predicted molar refractivity (Wildman–Crippen MR) is 164 cm³/mol. The third-order valence-corrected chi connectivity index (χ3v) is 7.97. The Bertz CT molecular complexity index is 1640. The van der Waals surface area contributed by atoms with Gasteiger partial charge in [-0.3, -0.25) is 14.5 Å². The Morgan fingerprint density at radius 2 is 1.77 bits per heavy atom. The highest BCUT2D eigenvalue weighted by Crippen LogP contribution is 2.30. The maximum Gasteiger partial charge on any atom is 0.416 e. The molecule has 10 nitrogen and oxygen atoms in total. The number of halogens is 3. The summed E-state index contributed by atoms with van der Waals surface area (Å²) in [4.78, 5) is 39.2. The lowest BCUT2D eigenvalue weighted by atomic mass is 10.1. The lowest BCUT2D eigenvalue weighted by Gasteiger charge is -2.35. The first-order chi connectivity index (χ1) is 21.1. The first-order valence-corrected chi connectivity index (χ1v) is 14.6. The Labute approximate surface area is 255 Å². The highest BCUT2D eigenvalue weighted by molar-refractivity contribution is 7.17. The van der Waals surface area contributed by atoms with E-state index in [4.69, 9.17) is 5.11 Å². The molecule has 1 saturated heterocycles. The number of carbonyl (C=O) groups excluding carboxylic acids is 2. The second-order valence-corrected chi connectivity index (χ2v) is 11.2. The van der Waals surface area contributed by atoms with Crippen molar-refractivity contribution in [3.8, 4) is 0 Å². The summed E-state index contributed by atoms with van der Waals surface area (Å²) in [6, 6.07) is 12.8. The van der Waals surface area contributed by atoms with E-state index in [1.807, 2.05) is 12.1 Å². The third-order valence-electron chi connectivity index (χ3n) is 7.06. The summed E-state index contributed by atoms with van der Waals surface area (Å²) in [5.41, 5.74) is 1.40. The Morgan fingerprint density at radius 3 is 2.52 bits per heavy atom. The number of aromatic nitrogens is 2. The number of nitrogens with zero attached hydrogens (tertiary/aromatic N) is 4. The minimum Gasteiger partial charge on any atom is -0.395 e. The fraction of sp³-hybridized carbons (Fsp3) is 0.267. The number of nitrogens with one attached hydrogen (secondary N) is 3. The molecular weight excluding hydrogens is 595 g/mol. The second-order valence-electron chi connectivity index (χ2n) is 10.1. The number of benzene rings is 2. The van der Waals surface area contributed by atoms with Crippen LogP contribution in [0.15, 0.2) is 67.0 Å². The number of rotatable bonds is 9. The monoisotopic (exact) mass is 625 g/mol. The molecule has 14 heteroatoms.